The maximum atomic E-state index is 13.2. The monoisotopic (exact) mass is 303 g/mol. The lowest BCUT2D eigenvalue weighted by Crippen LogP contribution is -2.33. The van der Waals surface area contributed by atoms with Gasteiger partial charge in [0.05, 0.1) is 5.69 Å². The summed E-state index contributed by atoms with van der Waals surface area (Å²) in [6, 6.07) is 0. The number of nitrogens with one attached hydrogen (secondary N) is 1. The minimum Gasteiger partial charge on any atom is -0.354 e. The summed E-state index contributed by atoms with van der Waals surface area (Å²) in [5.74, 6) is 0.0412. The molecule has 1 aliphatic rings. The molecule has 0 unspecified atom stereocenters. The number of nitrogens with two attached hydrogens (primary N) is 1. The molecule has 0 spiro atoms. The predicted octanol–water partition coefficient (Wildman–Crippen LogP) is 1.63. The summed E-state index contributed by atoms with van der Waals surface area (Å²) >= 11 is 0. The van der Waals surface area contributed by atoms with Crippen LogP contribution in [0.4, 0.5) is 19.1 Å². The molecule has 0 saturated heterocycles. The summed E-state index contributed by atoms with van der Waals surface area (Å²) in [6.07, 6.45) is -3.29. The van der Waals surface area contributed by atoms with Crippen molar-refractivity contribution in [1.82, 2.24) is 14.9 Å². The van der Waals surface area contributed by atoms with Gasteiger partial charge in [-0.05, 0) is 19.5 Å². The van der Waals surface area contributed by atoms with Crippen molar-refractivity contribution in [3.63, 3.8) is 0 Å². The number of fused-ring (bicyclic) bond motifs is 1. The SMILES string of the molecule is CCN1CCc2nc(NCCCN)nc(C(F)(F)F)c2C1. The van der Waals surface area contributed by atoms with E-state index in [4.69, 9.17) is 5.73 Å². The Kier molecular flexibility index (Phi) is 5.00. The van der Waals surface area contributed by atoms with Gasteiger partial charge in [0.15, 0.2) is 5.69 Å². The summed E-state index contributed by atoms with van der Waals surface area (Å²) in [7, 11) is 0. The Labute approximate surface area is 121 Å². The molecule has 5 nitrogen and oxygen atoms in total. The summed E-state index contributed by atoms with van der Waals surface area (Å²) in [6.45, 7) is 4.56. The van der Waals surface area contributed by atoms with Crippen molar-refractivity contribution in [2.75, 3.05) is 31.5 Å². The molecule has 1 aliphatic heterocycles. The minimum atomic E-state index is -4.46. The fourth-order valence-electron chi connectivity index (χ4n) is 2.36. The lowest BCUT2D eigenvalue weighted by atomic mass is 10.0. The van der Waals surface area contributed by atoms with Crippen LogP contribution < -0.4 is 11.1 Å². The molecule has 1 aromatic rings. The number of nitrogens with zero attached hydrogens (tertiary/aromatic N) is 3. The number of hydrogen-bond donors (Lipinski definition) is 2. The Hall–Kier alpha value is -1.41. The van der Waals surface area contributed by atoms with Crippen LogP contribution in [0.5, 0.6) is 0 Å². The van der Waals surface area contributed by atoms with Crippen LogP contribution in [0, 0.1) is 0 Å². The van der Waals surface area contributed by atoms with E-state index < -0.39 is 11.9 Å². The van der Waals surface area contributed by atoms with Crippen LogP contribution in [-0.2, 0) is 19.1 Å². The smallest absolute Gasteiger partial charge is 0.354 e. The van der Waals surface area contributed by atoms with E-state index in [1.165, 1.54) is 0 Å². The lowest BCUT2D eigenvalue weighted by Gasteiger charge is -2.28. The van der Waals surface area contributed by atoms with Crippen molar-refractivity contribution < 1.29 is 13.2 Å². The molecule has 118 valence electrons. The third-order valence-corrected chi connectivity index (χ3v) is 3.52. The zero-order valence-corrected chi connectivity index (χ0v) is 12.0. The highest BCUT2D eigenvalue weighted by molar-refractivity contribution is 5.37. The van der Waals surface area contributed by atoms with Crippen LogP contribution in [0.15, 0.2) is 0 Å². The van der Waals surface area contributed by atoms with Crippen molar-refractivity contribution in [3.05, 3.63) is 17.0 Å². The molecule has 0 saturated carbocycles. The van der Waals surface area contributed by atoms with Crippen LogP contribution in [0.25, 0.3) is 0 Å². The van der Waals surface area contributed by atoms with Crippen molar-refractivity contribution >= 4 is 5.95 Å². The molecule has 0 aliphatic carbocycles. The average Bonchev–Trinajstić information content (AvgIpc) is 2.45. The number of aromatic nitrogens is 2. The molecule has 8 heteroatoms. The van der Waals surface area contributed by atoms with Gasteiger partial charge >= 0.3 is 6.18 Å². The summed E-state index contributed by atoms with van der Waals surface area (Å²) < 4.78 is 39.7. The standard InChI is InChI=1S/C13H20F3N5/c1-2-21-7-4-10-9(8-21)11(13(14,15)16)20-12(19-10)18-6-3-5-17/h2-8,17H2,1H3,(H,18,19,20). The highest BCUT2D eigenvalue weighted by atomic mass is 19.4. The zero-order chi connectivity index (χ0) is 15.5. The zero-order valence-electron chi connectivity index (χ0n) is 12.0. The molecule has 1 aromatic heterocycles. The molecule has 21 heavy (non-hydrogen) atoms. The summed E-state index contributed by atoms with van der Waals surface area (Å²) in [5.41, 5.74) is 5.25. The second kappa shape index (κ2) is 6.57. The molecular formula is C13H20F3N5. The molecule has 0 radical (unpaired) electrons. The van der Waals surface area contributed by atoms with Gasteiger partial charge in [-0.2, -0.15) is 13.2 Å². The Morgan fingerprint density at radius 2 is 2.10 bits per heavy atom. The van der Waals surface area contributed by atoms with E-state index in [0.29, 0.717) is 38.2 Å². The van der Waals surface area contributed by atoms with E-state index in [2.05, 4.69) is 15.3 Å². The van der Waals surface area contributed by atoms with Crippen molar-refractivity contribution in [2.45, 2.75) is 32.5 Å². The van der Waals surface area contributed by atoms with Gasteiger partial charge < -0.3 is 11.1 Å². The summed E-state index contributed by atoms with van der Waals surface area (Å²) in [4.78, 5) is 9.88. The molecule has 2 heterocycles. The van der Waals surface area contributed by atoms with Gasteiger partial charge in [-0.3, -0.25) is 4.90 Å². The van der Waals surface area contributed by atoms with E-state index in [-0.39, 0.29) is 18.1 Å². The fourth-order valence-corrected chi connectivity index (χ4v) is 2.36. The van der Waals surface area contributed by atoms with Gasteiger partial charge in [0.1, 0.15) is 0 Å². The third-order valence-electron chi connectivity index (χ3n) is 3.52. The van der Waals surface area contributed by atoms with Crippen LogP contribution in [-0.4, -0.2) is 41.0 Å². The molecule has 0 atom stereocenters. The number of anilines is 1. The number of hydrogen-bond acceptors (Lipinski definition) is 5. The quantitative estimate of drug-likeness (QED) is 0.809. The maximum Gasteiger partial charge on any atom is 0.433 e. The number of rotatable bonds is 5. The van der Waals surface area contributed by atoms with E-state index in [0.717, 1.165) is 6.54 Å². The number of alkyl halides is 3. The normalized spacial score (nSPS) is 15.9. The molecule has 2 rings (SSSR count). The highest BCUT2D eigenvalue weighted by Gasteiger charge is 2.38. The third kappa shape index (κ3) is 3.82. The first-order valence-electron chi connectivity index (χ1n) is 7.09. The van der Waals surface area contributed by atoms with E-state index in [1.807, 2.05) is 11.8 Å². The van der Waals surface area contributed by atoms with Gasteiger partial charge in [-0.1, -0.05) is 6.92 Å². The van der Waals surface area contributed by atoms with E-state index in [1.54, 1.807) is 0 Å². The number of halogens is 3. The van der Waals surface area contributed by atoms with Gasteiger partial charge in [-0.15, -0.1) is 0 Å². The summed E-state index contributed by atoms with van der Waals surface area (Å²) in [5, 5.41) is 2.82. The molecule has 3 N–H and O–H groups in total. The van der Waals surface area contributed by atoms with Crippen LogP contribution in [0.3, 0.4) is 0 Å². The first-order valence-corrected chi connectivity index (χ1v) is 7.09. The lowest BCUT2D eigenvalue weighted by molar-refractivity contribution is -0.142. The van der Waals surface area contributed by atoms with Crippen molar-refractivity contribution in [1.29, 1.82) is 0 Å². The Bertz CT molecular complexity index is 489. The largest absolute Gasteiger partial charge is 0.433 e. The highest BCUT2D eigenvalue weighted by Crippen LogP contribution is 2.34. The van der Waals surface area contributed by atoms with E-state index >= 15 is 0 Å². The van der Waals surface area contributed by atoms with Gasteiger partial charge in [0.25, 0.3) is 0 Å². The first-order chi connectivity index (χ1) is 9.95. The van der Waals surface area contributed by atoms with Crippen LogP contribution in [0.2, 0.25) is 0 Å². The van der Waals surface area contributed by atoms with Crippen LogP contribution in [0.1, 0.15) is 30.3 Å². The average molecular weight is 303 g/mol. The second-order valence-electron chi connectivity index (χ2n) is 5.01. The number of likely N-dealkylation sites (N-methyl/N-ethyl adjacent to an activating group) is 1. The maximum absolute atomic E-state index is 13.2. The molecule has 0 bridgehead atoms. The van der Waals surface area contributed by atoms with Gasteiger partial charge in [0.2, 0.25) is 5.95 Å². The second-order valence-corrected chi connectivity index (χ2v) is 5.01. The molecule has 0 aromatic carbocycles. The minimum absolute atomic E-state index is 0.0412. The fraction of sp³-hybridized carbons (Fsp3) is 0.692. The first kappa shape index (κ1) is 16.0. The van der Waals surface area contributed by atoms with Gasteiger partial charge in [0, 0.05) is 31.6 Å². The Morgan fingerprint density at radius 3 is 2.71 bits per heavy atom. The Balaban J connectivity index is 2.33. The van der Waals surface area contributed by atoms with Crippen LogP contribution >= 0.6 is 0 Å². The molecule has 0 amide bonds. The predicted molar refractivity (Wildman–Crippen MR) is 73.9 cm³/mol. The Morgan fingerprint density at radius 1 is 1.33 bits per heavy atom. The van der Waals surface area contributed by atoms with Crippen molar-refractivity contribution in [2.24, 2.45) is 5.73 Å². The molecular weight excluding hydrogens is 283 g/mol. The van der Waals surface area contributed by atoms with E-state index in [9.17, 15) is 13.2 Å². The molecule has 0 fully saturated rings. The van der Waals surface area contributed by atoms with Gasteiger partial charge in [-0.25, -0.2) is 9.97 Å². The topological polar surface area (TPSA) is 67.1 Å². The van der Waals surface area contributed by atoms with Crippen molar-refractivity contribution in [3.8, 4) is 0 Å².